The molecule has 0 saturated heterocycles. The van der Waals surface area contributed by atoms with Gasteiger partial charge in [0.1, 0.15) is 5.60 Å². The molecule has 2 aliphatic rings. The Labute approximate surface area is 125 Å². The van der Waals surface area contributed by atoms with Crippen LogP contribution in [0.3, 0.4) is 0 Å². The van der Waals surface area contributed by atoms with Crippen molar-refractivity contribution in [1.82, 2.24) is 0 Å². The molecule has 0 aliphatic heterocycles. The molecule has 2 rings (SSSR count). The highest BCUT2D eigenvalue weighted by atomic mass is 16.5. The van der Waals surface area contributed by atoms with Crippen LogP contribution >= 0.6 is 0 Å². The molecule has 0 heterocycles. The zero-order valence-electron chi connectivity index (χ0n) is 13.3. The predicted octanol–water partition coefficient (Wildman–Crippen LogP) is 1.87. The van der Waals surface area contributed by atoms with Gasteiger partial charge in [0.25, 0.3) is 0 Å². The van der Waals surface area contributed by atoms with E-state index in [0.717, 1.165) is 12.8 Å². The number of rotatable bonds is 5. The lowest BCUT2D eigenvalue weighted by molar-refractivity contribution is -0.155. The maximum Gasteiger partial charge on any atom is 0.303 e. The minimum atomic E-state index is -1.50. The number of hydrogen-bond acceptors (Lipinski definition) is 4. The Morgan fingerprint density at radius 3 is 2.43 bits per heavy atom. The van der Waals surface area contributed by atoms with Gasteiger partial charge in [0, 0.05) is 12.5 Å². The van der Waals surface area contributed by atoms with E-state index in [4.69, 9.17) is 4.74 Å². The van der Waals surface area contributed by atoms with Crippen LogP contribution < -0.4 is 0 Å². The topological polar surface area (TPSA) is 83.8 Å². The van der Waals surface area contributed by atoms with E-state index in [1.807, 2.05) is 13.8 Å². The Kier molecular flexibility index (Phi) is 3.96. The number of aliphatic hydroxyl groups is 1. The van der Waals surface area contributed by atoms with Crippen molar-refractivity contribution in [2.75, 3.05) is 13.7 Å². The molecule has 0 aromatic heterocycles. The summed E-state index contributed by atoms with van der Waals surface area (Å²) in [5.74, 6) is -0.970. The number of aliphatic carboxylic acids is 1. The minimum Gasteiger partial charge on any atom is -0.481 e. The first-order valence-electron chi connectivity index (χ1n) is 7.58. The summed E-state index contributed by atoms with van der Waals surface area (Å²) in [7, 11) is 1.56. The number of methoxy groups -OCH3 is 1. The summed E-state index contributed by atoms with van der Waals surface area (Å²) in [4.78, 5) is 23.6. The molecular formula is C16H26O5. The number of Topliss-reactive ketones (excluding diaryl/α,β-unsaturated/α-hetero) is 1. The molecule has 2 aliphatic carbocycles. The normalized spacial score (nSPS) is 45.6. The Bertz CT molecular complexity index is 462. The van der Waals surface area contributed by atoms with E-state index in [-0.39, 0.29) is 37.1 Å². The summed E-state index contributed by atoms with van der Waals surface area (Å²) in [6.07, 6.45) is 2.01. The average Bonchev–Trinajstić information content (AvgIpc) is 2.74. The van der Waals surface area contributed by atoms with Crippen molar-refractivity contribution in [1.29, 1.82) is 0 Å². The first-order chi connectivity index (χ1) is 9.64. The van der Waals surface area contributed by atoms with Crippen LogP contribution in [0.15, 0.2) is 0 Å². The standard InChI is InChI=1S/C16H26O5/c1-10-5-6-12-14(3,9-21-4)16(20,11(2)17)8-15(10,12)7-13(18)19/h10,12,20H,5-9H2,1-4H3,(H,18,19)/t10?,12-,14-,15?,16?/m0/s1. The number of carbonyl (C=O) groups excluding carboxylic acids is 1. The highest BCUT2D eigenvalue weighted by molar-refractivity contribution is 5.87. The molecule has 2 N–H and O–H groups in total. The fourth-order valence-corrected chi connectivity index (χ4v) is 5.24. The number of carboxylic acid groups (broad SMARTS) is 1. The molecule has 120 valence electrons. The molecule has 0 amide bonds. The maximum atomic E-state index is 12.2. The minimum absolute atomic E-state index is 0.00767. The van der Waals surface area contributed by atoms with Crippen molar-refractivity contribution < 1.29 is 24.5 Å². The average molecular weight is 298 g/mol. The van der Waals surface area contributed by atoms with Gasteiger partial charge in [-0.25, -0.2) is 0 Å². The zero-order valence-corrected chi connectivity index (χ0v) is 13.3. The van der Waals surface area contributed by atoms with E-state index in [1.165, 1.54) is 6.92 Å². The van der Waals surface area contributed by atoms with Gasteiger partial charge in [-0.15, -0.1) is 0 Å². The van der Waals surface area contributed by atoms with Crippen molar-refractivity contribution in [2.45, 2.75) is 52.1 Å². The molecule has 0 bridgehead atoms. The summed E-state index contributed by atoms with van der Waals surface area (Å²) in [5.41, 5.74) is -2.74. The van der Waals surface area contributed by atoms with E-state index >= 15 is 0 Å². The molecule has 3 unspecified atom stereocenters. The van der Waals surface area contributed by atoms with Gasteiger partial charge in [-0.3, -0.25) is 9.59 Å². The summed E-state index contributed by atoms with van der Waals surface area (Å²) in [6.45, 7) is 5.59. The Morgan fingerprint density at radius 2 is 1.95 bits per heavy atom. The molecule has 21 heavy (non-hydrogen) atoms. The van der Waals surface area contributed by atoms with Crippen molar-refractivity contribution in [3.05, 3.63) is 0 Å². The smallest absolute Gasteiger partial charge is 0.303 e. The maximum absolute atomic E-state index is 12.2. The molecule has 5 nitrogen and oxygen atoms in total. The molecule has 0 aromatic carbocycles. The molecule has 2 saturated carbocycles. The lowest BCUT2D eigenvalue weighted by atomic mass is 9.66. The highest BCUT2D eigenvalue weighted by Gasteiger charge is 2.71. The molecular weight excluding hydrogens is 272 g/mol. The molecule has 0 aromatic rings. The van der Waals surface area contributed by atoms with Gasteiger partial charge in [-0.1, -0.05) is 13.8 Å². The van der Waals surface area contributed by atoms with Gasteiger partial charge in [0.05, 0.1) is 13.0 Å². The third-order valence-electron chi connectivity index (χ3n) is 6.37. The fraction of sp³-hybridized carbons (Fsp3) is 0.875. The van der Waals surface area contributed by atoms with Crippen molar-refractivity contribution in [3.8, 4) is 0 Å². The van der Waals surface area contributed by atoms with E-state index < -0.39 is 22.4 Å². The molecule has 0 spiro atoms. The number of fused-ring (bicyclic) bond motifs is 1. The van der Waals surface area contributed by atoms with Gasteiger partial charge >= 0.3 is 5.97 Å². The largest absolute Gasteiger partial charge is 0.481 e. The number of carboxylic acids is 1. The summed E-state index contributed by atoms with van der Waals surface area (Å²) in [5, 5.41) is 20.4. The number of ketones is 1. The Hall–Kier alpha value is -0.940. The third kappa shape index (κ3) is 2.05. The zero-order chi connectivity index (χ0) is 16.1. The SMILES string of the molecule is COC[C@@]1(C)[C@@H]2CCC(C)C2(CC(=O)O)CC1(O)C(C)=O. The second-order valence-electron chi connectivity index (χ2n) is 7.28. The molecule has 5 heteroatoms. The summed E-state index contributed by atoms with van der Waals surface area (Å²) >= 11 is 0. The fourth-order valence-electron chi connectivity index (χ4n) is 5.24. The van der Waals surface area contributed by atoms with Crippen LogP contribution in [-0.4, -0.2) is 41.3 Å². The van der Waals surface area contributed by atoms with Gasteiger partial charge in [-0.2, -0.15) is 0 Å². The number of ether oxygens (including phenoxy) is 1. The van der Waals surface area contributed by atoms with E-state index in [0.29, 0.717) is 0 Å². The second kappa shape index (κ2) is 5.06. The predicted molar refractivity (Wildman–Crippen MR) is 76.8 cm³/mol. The first-order valence-corrected chi connectivity index (χ1v) is 7.58. The number of carbonyl (C=O) groups is 2. The Morgan fingerprint density at radius 1 is 1.33 bits per heavy atom. The van der Waals surface area contributed by atoms with Crippen LogP contribution in [0.5, 0.6) is 0 Å². The first kappa shape index (κ1) is 16.4. The Balaban J connectivity index is 2.55. The lowest BCUT2D eigenvalue weighted by Crippen LogP contribution is -2.52. The quantitative estimate of drug-likeness (QED) is 0.809. The van der Waals surface area contributed by atoms with Crippen LogP contribution in [-0.2, 0) is 14.3 Å². The molecule has 0 radical (unpaired) electrons. The third-order valence-corrected chi connectivity index (χ3v) is 6.37. The monoisotopic (exact) mass is 298 g/mol. The summed E-state index contributed by atoms with van der Waals surface area (Å²) in [6, 6.07) is 0. The van der Waals surface area contributed by atoms with Crippen LogP contribution in [0.1, 0.15) is 46.5 Å². The van der Waals surface area contributed by atoms with E-state index in [2.05, 4.69) is 0 Å². The highest BCUT2D eigenvalue weighted by Crippen LogP contribution is 2.69. The van der Waals surface area contributed by atoms with Gasteiger partial charge in [-0.05, 0) is 43.4 Å². The molecule has 2 fully saturated rings. The lowest BCUT2D eigenvalue weighted by Gasteiger charge is -2.41. The molecule has 5 atom stereocenters. The number of hydrogen-bond donors (Lipinski definition) is 2. The van der Waals surface area contributed by atoms with Gasteiger partial charge in [0.2, 0.25) is 0 Å². The van der Waals surface area contributed by atoms with Crippen LogP contribution in [0.25, 0.3) is 0 Å². The van der Waals surface area contributed by atoms with Gasteiger partial charge in [0.15, 0.2) is 5.78 Å². The van der Waals surface area contributed by atoms with Crippen LogP contribution in [0.2, 0.25) is 0 Å². The second-order valence-corrected chi connectivity index (χ2v) is 7.28. The van der Waals surface area contributed by atoms with Crippen molar-refractivity contribution in [2.24, 2.45) is 22.7 Å². The van der Waals surface area contributed by atoms with Crippen molar-refractivity contribution >= 4 is 11.8 Å². The van der Waals surface area contributed by atoms with Crippen molar-refractivity contribution in [3.63, 3.8) is 0 Å². The van der Waals surface area contributed by atoms with Crippen LogP contribution in [0.4, 0.5) is 0 Å². The summed E-state index contributed by atoms with van der Waals surface area (Å²) < 4.78 is 5.31. The van der Waals surface area contributed by atoms with Crippen LogP contribution in [0, 0.1) is 22.7 Å². The van der Waals surface area contributed by atoms with E-state index in [1.54, 1.807) is 7.11 Å². The van der Waals surface area contributed by atoms with Gasteiger partial charge < -0.3 is 14.9 Å². The van der Waals surface area contributed by atoms with E-state index in [9.17, 15) is 19.8 Å².